The average Bonchev–Trinajstić information content (AvgIpc) is 3.18. The van der Waals surface area contributed by atoms with Crippen LogP contribution in [0.2, 0.25) is 0 Å². The molecule has 1 amide bonds. The molecule has 2 nitrogen and oxygen atoms in total. The molecule has 0 spiro atoms. The van der Waals surface area contributed by atoms with Crippen LogP contribution < -0.4 is 0 Å². The Morgan fingerprint density at radius 3 is 2.53 bits per heavy atom. The van der Waals surface area contributed by atoms with Crippen molar-refractivity contribution in [1.29, 1.82) is 0 Å². The summed E-state index contributed by atoms with van der Waals surface area (Å²) in [5.41, 5.74) is -0.0729. The Bertz CT molecular complexity index is 371. The van der Waals surface area contributed by atoms with Crippen LogP contribution in [0, 0.1) is 11.8 Å². The molecular formula is C17H27NO. The second-order valence-corrected chi connectivity index (χ2v) is 6.87. The molecule has 1 saturated carbocycles. The van der Waals surface area contributed by atoms with E-state index in [1.54, 1.807) is 0 Å². The van der Waals surface area contributed by atoms with Crippen molar-refractivity contribution in [3.8, 4) is 0 Å². The van der Waals surface area contributed by atoms with Crippen LogP contribution >= 0.6 is 0 Å². The highest BCUT2D eigenvalue weighted by Crippen LogP contribution is 2.33. The van der Waals surface area contributed by atoms with Gasteiger partial charge in [-0.2, -0.15) is 0 Å². The first-order chi connectivity index (χ1) is 8.98. The van der Waals surface area contributed by atoms with Crippen LogP contribution in [-0.4, -0.2) is 22.9 Å². The molecule has 0 aromatic carbocycles. The van der Waals surface area contributed by atoms with Crippen molar-refractivity contribution in [2.75, 3.05) is 6.54 Å². The fourth-order valence-electron chi connectivity index (χ4n) is 2.60. The third-order valence-corrected chi connectivity index (χ3v) is 4.01. The zero-order valence-electron chi connectivity index (χ0n) is 12.6. The van der Waals surface area contributed by atoms with Crippen molar-refractivity contribution in [2.24, 2.45) is 11.8 Å². The quantitative estimate of drug-likeness (QED) is 0.702. The lowest BCUT2D eigenvalue weighted by atomic mass is 9.94. The van der Waals surface area contributed by atoms with E-state index in [2.05, 4.69) is 45.1 Å². The van der Waals surface area contributed by atoms with E-state index in [9.17, 15) is 4.79 Å². The predicted molar refractivity (Wildman–Crippen MR) is 79.8 cm³/mol. The van der Waals surface area contributed by atoms with Gasteiger partial charge < -0.3 is 4.90 Å². The molecule has 1 unspecified atom stereocenters. The number of carbonyl (C=O) groups is 1. The molecule has 2 aliphatic carbocycles. The monoisotopic (exact) mass is 261 g/mol. The summed E-state index contributed by atoms with van der Waals surface area (Å²) < 4.78 is 0. The van der Waals surface area contributed by atoms with Crippen molar-refractivity contribution < 1.29 is 4.79 Å². The van der Waals surface area contributed by atoms with Crippen molar-refractivity contribution in [3.05, 3.63) is 24.3 Å². The van der Waals surface area contributed by atoms with Crippen LogP contribution in [0.1, 0.15) is 52.9 Å². The molecule has 1 fully saturated rings. The maximum Gasteiger partial charge on any atom is 0.226 e. The highest BCUT2D eigenvalue weighted by Gasteiger charge is 2.37. The Balaban J connectivity index is 1.90. The van der Waals surface area contributed by atoms with Crippen LogP contribution in [0.3, 0.4) is 0 Å². The minimum absolute atomic E-state index is 0.0729. The highest BCUT2D eigenvalue weighted by molar-refractivity contribution is 5.81. The largest absolute Gasteiger partial charge is 0.334 e. The summed E-state index contributed by atoms with van der Waals surface area (Å²) >= 11 is 0. The van der Waals surface area contributed by atoms with Gasteiger partial charge >= 0.3 is 0 Å². The number of allylic oxidation sites excluding steroid dienone is 3. The van der Waals surface area contributed by atoms with Crippen molar-refractivity contribution >= 4 is 5.91 Å². The van der Waals surface area contributed by atoms with E-state index in [0.29, 0.717) is 17.7 Å². The standard InChI is InChI=1S/C17H27NO/c1-17(2,3)18(16(19)15-11-12-15)13-7-10-14-8-5-4-6-9-14/h4-5,7,10,14-15H,6,8-9,11-13H2,1-3H3. The Hall–Kier alpha value is -1.05. The minimum Gasteiger partial charge on any atom is -0.334 e. The number of hydrogen-bond donors (Lipinski definition) is 0. The zero-order chi connectivity index (χ0) is 13.9. The summed E-state index contributed by atoms with van der Waals surface area (Å²) in [5.74, 6) is 1.33. The predicted octanol–water partition coefficient (Wildman–Crippen LogP) is 3.94. The molecule has 0 heterocycles. The third kappa shape index (κ3) is 4.22. The second kappa shape index (κ2) is 5.94. The van der Waals surface area contributed by atoms with Gasteiger partial charge in [-0.1, -0.05) is 24.3 Å². The van der Waals surface area contributed by atoms with E-state index in [4.69, 9.17) is 0 Å². The second-order valence-electron chi connectivity index (χ2n) is 6.87. The Morgan fingerprint density at radius 2 is 2.00 bits per heavy atom. The lowest BCUT2D eigenvalue weighted by Crippen LogP contribution is -2.46. The summed E-state index contributed by atoms with van der Waals surface area (Å²) in [6.45, 7) is 7.15. The molecule has 2 rings (SSSR count). The molecule has 19 heavy (non-hydrogen) atoms. The molecule has 0 aliphatic heterocycles. The molecule has 106 valence electrons. The van der Waals surface area contributed by atoms with Gasteiger partial charge in [0.15, 0.2) is 0 Å². The molecule has 2 heteroatoms. The van der Waals surface area contributed by atoms with Gasteiger partial charge in [-0.25, -0.2) is 0 Å². The molecule has 0 aromatic rings. The fraction of sp³-hybridized carbons (Fsp3) is 0.706. The van der Waals surface area contributed by atoms with Crippen LogP contribution in [-0.2, 0) is 4.79 Å². The summed E-state index contributed by atoms with van der Waals surface area (Å²) in [6, 6.07) is 0. The molecule has 0 bridgehead atoms. The molecular weight excluding hydrogens is 234 g/mol. The number of amides is 1. The topological polar surface area (TPSA) is 20.3 Å². The summed E-state index contributed by atoms with van der Waals surface area (Å²) in [4.78, 5) is 14.4. The summed E-state index contributed by atoms with van der Waals surface area (Å²) in [5, 5.41) is 0. The first-order valence-corrected chi connectivity index (χ1v) is 7.61. The van der Waals surface area contributed by atoms with E-state index >= 15 is 0 Å². The Labute approximate surface area is 117 Å². The molecule has 2 aliphatic rings. The van der Waals surface area contributed by atoms with E-state index in [1.165, 1.54) is 12.8 Å². The van der Waals surface area contributed by atoms with Gasteiger partial charge in [-0.15, -0.1) is 0 Å². The maximum absolute atomic E-state index is 12.3. The van der Waals surface area contributed by atoms with E-state index in [1.807, 2.05) is 4.90 Å². The first kappa shape index (κ1) is 14.4. The summed E-state index contributed by atoms with van der Waals surface area (Å²) in [7, 11) is 0. The number of carbonyl (C=O) groups excluding carboxylic acids is 1. The molecule has 0 aromatic heterocycles. The normalized spacial score (nSPS) is 23.8. The molecule has 0 radical (unpaired) electrons. The smallest absolute Gasteiger partial charge is 0.226 e. The Morgan fingerprint density at radius 1 is 1.26 bits per heavy atom. The zero-order valence-corrected chi connectivity index (χ0v) is 12.6. The van der Waals surface area contributed by atoms with Crippen LogP contribution in [0.4, 0.5) is 0 Å². The van der Waals surface area contributed by atoms with E-state index in [0.717, 1.165) is 25.8 Å². The number of rotatable bonds is 4. The minimum atomic E-state index is -0.0729. The SMILES string of the molecule is CC(C)(C)N(CC=CC1CC=CCC1)C(=O)C1CC1. The number of hydrogen-bond acceptors (Lipinski definition) is 1. The number of nitrogens with zero attached hydrogens (tertiary/aromatic N) is 1. The first-order valence-electron chi connectivity index (χ1n) is 7.61. The van der Waals surface area contributed by atoms with Crippen molar-refractivity contribution in [3.63, 3.8) is 0 Å². The fourth-order valence-corrected chi connectivity index (χ4v) is 2.60. The summed E-state index contributed by atoms with van der Waals surface area (Å²) in [6.07, 6.45) is 14.8. The van der Waals surface area contributed by atoms with Gasteiger partial charge in [0.2, 0.25) is 5.91 Å². The van der Waals surface area contributed by atoms with Crippen LogP contribution in [0.5, 0.6) is 0 Å². The van der Waals surface area contributed by atoms with Gasteiger partial charge in [0.05, 0.1) is 0 Å². The highest BCUT2D eigenvalue weighted by atomic mass is 16.2. The van der Waals surface area contributed by atoms with Gasteiger partial charge in [0.1, 0.15) is 0 Å². The van der Waals surface area contributed by atoms with Gasteiger partial charge in [0, 0.05) is 18.0 Å². The third-order valence-electron chi connectivity index (χ3n) is 4.01. The van der Waals surface area contributed by atoms with E-state index in [-0.39, 0.29) is 5.54 Å². The van der Waals surface area contributed by atoms with E-state index < -0.39 is 0 Å². The lowest BCUT2D eigenvalue weighted by molar-refractivity contribution is -0.136. The maximum atomic E-state index is 12.3. The average molecular weight is 261 g/mol. The molecule has 0 N–H and O–H groups in total. The molecule has 0 saturated heterocycles. The lowest BCUT2D eigenvalue weighted by Gasteiger charge is -2.35. The Kier molecular flexibility index (Phi) is 4.49. The van der Waals surface area contributed by atoms with Crippen molar-refractivity contribution in [2.45, 2.75) is 58.4 Å². The van der Waals surface area contributed by atoms with Gasteiger partial charge in [-0.05, 0) is 58.8 Å². The van der Waals surface area contributed by atoms with Gasteiger partial charge in [0.25, 0.3) is 0 Å². The van der Waals surface area contributed by atoms with Crippen LogP contribution in [0.15, 0.2) is 24.3 Å². The van der Waals surface area contributed by atoms with Crippen molar-refractivity contribution in [1.82, 2.24) is 4.90 Å². The van der Waals surface area contributed by atoms with Crippen LogP contribution in [0.25, 0.3) is 0 Å². The van der Waals surface area contributed by atoms with Gasteiger partial charge in [-0.3, -0.25) is 4.79 Å². The molecule has 1 atom stereocenters.